The Labute approximate surface area is 93.2 Å². The Morgan fingerprint density at radius 2 is 2.07 bits per heavy atom. The zero-order chi connectivity index (χ0) is 11.3. The SMILES string of the molecule is CCCCCN(C)C(=O)C1(CNC)CC1. The largest absolute Gasteiger partial charge is 0.345 e. The topological polar surface area (TPSA) is 32.3 Å². The van der Waals surface area contributed by atoms with Crippen molar-refractivity contribution in [3.05, 3.63) is 0 Å². The molecule has 1 aliphatic rings. The minimum absolute atomic E-state index is 0.0459. The zero-order valence-electron chi connectivity index (χ0n) is 10.3. The molecule has 0 atom stereocenters. The van der Waals surface area contributed by atoms with E-state index in [2.05, 4.69) is 12.2 Å². The zero-order valence-corrected chi connectivity index (χ0v) is 10.3. The molecule has 1 rings (SSSR count). The van der Waals surface area contributed by atoms with Crippen LogP contribution in [0.25, 0.3) is 0 Å². The van der Waals surface area contributed by atoms with Crippen LogP contribution in [0.1, 0.15) is 39.0 Å². The maximum atomic E-state index is 12.1. The van der Waals surface area contributed by atoms with Crippen LogP contribution in [-0.4, -0.2) is 38.0 Å². The lowest BCUT2D eigenvalue weighted by Crippen LogP contribution is -2.39. The van der Waals surface area contributed by atoms with Gasteiger partial charge in [0.05, 0.1) is 5.41 Å². The van der Waals surface area contributed by atoms with Gasteiger partial charge in [0.2, 0.25) is 5.91 Å². The number of rotatable bonds is 7. The highest BCUT2D eigenvalue weighted by Gasteiger charge is 2.50. The van der Waals surface area contributed by atoms with Crippen molar-refractivity contribution < 1.29 is 4.79 Å². The van der Waals surface area contributed by atoms with Gasteiger partial charge in [0, 0.05) is 20.1 Å². The minimum Gasteiger partial charge on any atom is -0.345 e. The van der Waals surface area contributed by atoms with E-state index in [-0.39, 0.29) is 5.41 Å². The molecule has 0 aromatic heterocycles. The van der Waals surface area contributed by atoms with Crippen LogP contribution < -0.4 is 5.32 Å². The average molecular weight is 212 g/mol. The standard InChI is InChI=1S/C12H24N2O/c1-4-5-6-9-14(3)11(15)12(7-8-12)10-13-2/h13H,4-10H2,1-3H3. The summed E-state index contributed by atoms with van der Waals surface area (Å²) in [7, 11) is 3.86. The number of hydrogen-bond donors (Lipinski definition) is 1. The van der Waals surface area contributed by atoms with Gasteiger partial charge >= 0.3 is 0 Å². The van der Waals surface area contributed by atoms with Gasteiger partial charge in [-0.1, -0.05) is 19.8 Å². The fourth-order valence-corrected chi connectivity index (χ4v) is 2.06. The summed E-state index contributed by atoms with van der Waals surface area (Å²) in [5, 5.41) is 3.13. The van der Waals surface area contributed by atoms with E-state index in [1.165, 1.54) is 12.8 Å². The van der Waals surface area contributed by atoms with Gasteiger partial charge in [0.1, 0.15) is 0 Å². The number of hydrogen-bond acceptors (Lipinski definition) is 2. The number of carbonyl (C=O) groups is 1. The molecule has 0 spiro atoms. The van der Waals surface area contributed by atoms with Crippen LogP contribution in [-0.2, 0) is 4.79 Å². The predicted octanol–water partition coefficient (Wildman–Crippen LogP) is 1.63. The average Bonchev–Trinajstić information content (AvgIpc) is 2.99. The van der Waals surface area contributed by atoms with Gasteiger partial charge in [-0.3, -0.25) is 4.79 Å². The first-order valence-electron chi connectivity index (χ1n) is 6.06. The second kappa shape index (κ2) is 5.50. The van der Waals surface area contributed by atoms with Gasteiger partial charge in [-0.2, -0.15) is 0 Å². The van der Waals surface area contributed by atoms with Gasteiger partial charge < -0.3 is 10.2 Å². The van der Waals surface area contributed by atoms with Crippen molar-refractivity contribution in [2.24, 2.45) is 5.41 Å². The first-order valence-corrected chi connectivity index (χ1v) is 6.06. The normalized spacial score (nSPS) is 17.5. The first kappa shape index (κ1) is 12.5. The molecule has 0 aliphatic heterocycles. The van der Waals surface area contributed by atoms with Crippen molar-refractivity contribution in [2.75, 3.05) is 27.2 Å². The first-order chi connectivity index (χ1) is 7.16. The summed E-state index contributed by atoms with van der Waals surface area (Å²) >= 11 is 0. The predicted molar refractivity (Wildman–Crippen MR) is 62.8 cm³/mol. The molecule has 1 fully saturated rings. The molecule has 0 aromatic rings. The Morgan fingerprint density at radius 1 is 1.40 bits per heavy atom. The fraction of sp³-hybridized carbons (Fsp3) is 0.917. The molecule has 1 aliphatic carbocycles. The summed E-state index contributed by atoms with van der Waals surface area (Å²) in [5.41, 5.74) is -0.0459. The molecule has 1 N–H and O–H groups in total. The Morgan fingerprint density at radius 3 is 2.53 bits per heavy atom. The summed E-state index contributed by atoms with van der Waals surface area (Å²) < 4.78 is 0. The van der Waals surface area contributed by atoms with Gasteiger partial charge in [-0.05, 0) is 26.3 Å². The van der Waals surface area contributed by atoms with Crippen molar-refractivity contribution in [2.45, 2.75) is 39.0 Å². The highest BCUT2D eigenvalue weighted by molar-refractivity contribution is 5.85. The molecule has 1 saturated carbocycles. The molecule has 3 heteroatoms. The summed E-state index contributed by atoms with van der Waals surface area (Å²) in [6.07, 6.45) is 5.68. The lowest BCUT2D eigenvalue weighted by molar-refractivity contribution is -0.135. The highest BCUT2D eigenvalue weighted by Crippen LogP contribution is 2.46. The number of unbranched alkanes of at least 4 members (excludes halogenated alkanes) is 2. The van der Waals surface area contributed by atoms with E-state index >= 15 is 0 Å². The van der Waals surface area contributed by atoms with Gasteiger partial charge in [0.15, 0.2) is 0 Å². The minimum atomic E-state index is -0.0459. The molecule has 88 valence electrons. The smallest absolute Gasteiger partial charge is 0.229 e. The number of nitrogens with one attached hydrogen (secondary N) is 1. The molecule has 0 radical (unpaired) electrons. The Kier molecular flexibility index (Phi) is 4.58. The molecule has 0 aromatic carbocycles. The maximum absolute atomic E-state index is 12.1. The fourth-order valence-electron chi connectivity index (χ4n) is 2.06. The third kappa shape index (κ3) is 3.20. The summed E-state index contributed by atoms with van der Waals surface area (Å²) in [4.78, 5) is 14.0. The Balaban J connectivity index is 2.32. The third-order valence-electron chi connectivity index (χ3n) is 3.27. The van der Waals surface area contributed by atoms with Gasteiger partial charge in [0.25, 0.3) is 0 Å². The molecular formula is C12H24N2O. The van der Waals surface area contributed by atoms with Gasteiger partial charge in [-0.25, -0.2) is 0 Å². The van der Waals surface area contributed by atoms with Crippen molar-refractivity contribution in [3.8, 4) is 0 Å². The number of amides is 1. The highest BCUT2D eigenvalue weighted by atomic mass is 16.2. The molecule has 0 bridgehead atoms. The quantitative estimate of drug-likeness (QED) is 0.651. The Hall–Kier alpha value is -0.570. The molecule has 0 heterocycles. The lowest BCUT2D eigenvalue weighted by Gasteiger charge is -2.23. The van der Waals surface area contributed by atoms with Crippen molar-refractivity contribution >= 4 is 5.91 Å². The Bertz CT molecular complexity index is 212. The summed E-state index contributed by atoms with van der Waals surface area (Å²) in [5.74, 6) is 0.341. The maximum Gasteiger partial charge on any atom is 0.229 e. The van der Waals surface area contributed by atoms with E-state index in [1.54, 1.807) is 0 Å². The van der Waals surface area contributed by atoms with E-state index in [1.807, 2.05) is 19.0 Å². The van der Waals surface area contributed by atoms with Crippen LogP contribution in [0, 0.1) is 5.41 Å². The number of nitrogens with zero attached hydrogens (tertiary/aromatic N) is 1. The van der Waals surface area contributed by atoms with Crippen molar-refractivity contribution in [1.82, 2.24) is 10.2 Å². The van der Waals surface area contributed by atoms with Crippen LogP contribution in [0.2, 0.25) is 0 Å². The van der Waals surface area contributed by atoms with E-state index in [0.29, 0.717) is 5.91 Å². The van der Waals surface area contributed by atoms with E-state index in [9.17, 15) is 4.79 Å². The van der Waals surface area contributed by atoms with Crippen molar-refractivity contribution in [3.63, 3.8) is 0 Å². The second-order valence-corrected chi connectivity index (χ2v) is 4.74. The van der Waals surface area contributed by atoms with Crippen molar-refractivity contribution in [1.29, 1.82) is 0 Å². The van der Waals surface area contributed by atoms with Crippen LogP contribution in [0.3, 0.4) is 0 Å². The second-order valence-electron chi connectivity index (χ2n) is 4.74. The van der Waals surface area contributed by atoms with Crippen LogP contribution in [0.5, 0.6) is 0 Å². The molecule has 15 heavy (non-hydrogen) atoms. The summed E-state index contributed by atoms with van der Waals surface area (Å²) in [6.45, 7) is 3.94. The molecule has 3 nitrogen and oxygen atoms in total. The summed E-state index contributed by atoms with van der Waals surface area (Å²) in [6, 6.07) is 0. The third-order valence-corrected chi connectivity index (χ3v) is 3.27. The molecule has 0 saturated heterocycles. The van der Waals surface area contributed by atoms with Gasteiger partial charge in [-0.15, -0.1) is 0 Å². The van der Waals surface area contributed by atoms with Crippen LogP contribution in [0.4, 0.5) is 0 Å². The van der Waals surface area contributed by atoms with E-state index < -0.39 is 0 Å². The molecule has 1 amide bonds. The number of carbonyl (C=O) groups excluding carboxylic acids is 1. The van der Waals surface area contributed by atoms with Crippen LogP contribution >= 0.6 is 0 Å². The lowest BCUT2D eigenvalue weighted by atomic mass is 10.1. The molecular weight excluding hydrogens is 188 g/mol. The van der Waals surface area contributed by atoms with E-state index in [4.69, 9.17) is 0 Å². The monoisotopic (exact) mass is 212 g/mol. The van der Waals surface area contributed by atoms with Crippen LogP contribution in [0.15, 0.2) is 0 Å². The van der Waals surface area contributed by atoms with E-state index in [0.717, 1.165) is 32.4 Å². The molecule has 0 unspecified atom stereocenters.